The van der Waals surface area contributed by atoms with Crippen LogP contribution < -0.4 is 0 Å². The normalized spacial score (nSPS) is 21.8. The van der Waals surface area contributed by atoms with Crippen LogP contribution in [-0.4, -0.2) is 45.9 Å². The third-order valence-electron chi connectivity index (χ3n) is 5.14. The average molecular weight is 414 g/mol. The van der Waals surface area contributed by atoms with Crippen molar-refractivity contribution in [2.75, 3.05) is 13.2 Å². The van der Waals surface area contributed by atoms with E-state index in [0.717, 1.165) is 12.8 Å². The predicted octanol–water partition coefficient (Wildman–Crippen LogP) is 3.41. The van der Waals surface area contributed by atoms with Crippen molar-refractivity contribution in [1.82, 2.24) is 4.90 Å². The van der Waals surface area contributed by atoms with E-state index < -0.39 is 28.4 Å². The lowest BCUT2D eigenvalue weighted by Crippen LogP contribution is -2.37. The maximum absolute atomic E-state index is 13.1. The van der Waals surface area contributed by atoms with Gasteiger partial charge in [0.25, 0.3) is 11.6 Å². The predicted molar refractivity (Wildman–Crippen MR) is 105 cm³/mol. The van der Waals surface area contributed by atoms with Crippen molar-refractivity contribution in [3.63, 3.8) is 0 Å². The van der Waals surface area contributed by atoms with E-state index in [2.05, 4.69) is 0 Å². The number of nitrogens with zero attached hydrogens (tertiary/aromatic N) is 2. The number of Topliss-reactive ketones (excluding diaryl/α,β-unsaturated/α-hetero) is 1. The molecule has 1 saturated heterocycles. The van der Waals surface area contributed by atoms with Gasteiger partial charge in [-0.25, -0.2) is 0 Å². The van der Waals surface area contributed by atoms with Crippen LogP contribution in [0.5, 0.6) is 0 Å². The van der Waals surface area contributed by atoms with E-state index in [1.807, 2.05) is 0 Å². The van der Waals surface area contributed by atoms with Crippen molar-refractivity contribution in [3.8, 4) is 0 Å². The standard InChI is InChI=1S/C20H18N2O6S/c23-18(15-4-2-10-29-15)16-17(12-5-7-13(8-6-12)22(26)27)21(20(25)19(16)24)11-14-3-1-9-28-14/h2,4-8,10,14,17,24H,1,3,9,11H2/t14-,17+/m0/s1. The van der Waals surface area contributed by atoms with Crippen LogP contribution in [-0.2, 0) is 9.53 Å². The van der Waals surface area contributed by atoms with Crippen LogP contribution in [0.1, 0.15) is 34.1 Å². The Morgan fingerprint density at radius 2 is 2.07 bits per heavy atom. The Morgan fingerprint density at radius 3 is 2.66 bits per heavy atom. The van der Waals surface area contributed by atoms with Gasteiger partial charge in [-0.1, -0.05) is 6.07 Å². The molecular weight excluding hydrogens is 396 g/mol. The van der Waals surface area contributed by atoms with Gasteiger partial charge in [0.15, 0.2) is 5.76 Å². The summed E-state index contributed by atoms with van der Waals surface area (Å²) in [6.45, 7) is 0.834. The Morgan fingerprint density at radius 1 is 1.31 bits per heavy atom. The zero-order valence-corrected chi connectivity index (χ0v) is 16.1. The first-order valence-electron chi connectivity index (χ1n) is 9.15. The number of hydrogen-bond acceptors (Lipinski definition) is 7. The minimum absolute atomic E-state index is 0.00991. The molecule has 150 valence electrons. The summed E-state index contributed by atoms with van der Waals surface area (Å²) in [6, 6.07) is 8.20. The van der Waals surface area contributed by atoms with Gasteiger partial charge in [-0.05, 0) is 42.0 Å². The lowest BCUT2D eigenvalue weighted by molar-refractivity contribution is -0.384. The third-order valence-corrected chi connectivity index (χ3v) is 6.01. The monoisotopic (exact) mass is 414 g/mol. The highest BCUT2D eigenvalue weighted by Crippen LogP contribution is 2.40. The van der Waals surface area contributed by atoms with Gasteiger partial charge in [0.1, 0.15) is 0 Å². The average Bonchev–Trinajstić information content (AvgIpc) is 3.46. The molecule has 1 aromatic heterocycles. The summed E-state index contributed by atoms with van der Waals surface area (Å²) in [6.07, 6.45) is 1.49. The number of aliphatic hydroxyl groups is 1. The number of benzene rings is 1. The summed E-state index contributed by atoms with van der Waals surface area (Å²) >= 11 is 1.22. The Hall–Kier alpha value is -3.04. The molecule has 0 unspecified atom stereocenters. The number of carbonyl (C=O) groups is 2. The topological polar surface area (TPSA) is 110 Å². The maximum atomic E-state index is 13.1. The minimum Gasteiger partial charge on any atom is -0.503 e. The van der Waals surface area contributed by atoms with Gasteiger partial charge in [0, 0.05) is 25.3 Å². The summed E-state index contributed by atoms with van der Waals surface area (Å²) in [7, 11) is 0. The van der Waals surface area contributed by atoms with Gasteiger partial charge < -0.3 is 14.7 Å². The van der Waals surface area contributed by atoms with E-state index in [1.54, 1.807) is 17.5 Å². The molecule has 2 aliphatic rings. The van der Waals surface area contributed by atoms with Crippen LogP contribution in [0.4, 0.5) is 5.69 Å². The Labute approximate surface area is 170 Å². The number of carbonyl (C=O) groups excluding carboxylic acids is 2. The zero-order valence-electron chi connectivity index (χ0n) is 15.3. The molecule has 9 heteroatoms. The Balaban J connectivity index is 1.75. The zero-order chi connectivity index (χ0) is 20.5. The first-order chi connectivity index (χ1) is 14.0. The lowest BCUT2D eigenvalue weighted by atomic mass is 9.95. The van der Waals surface area contributed by atoms with Gasteiger partial charge in [-0.2, -0.15) is 0 Å². The van der Waals surface area contributed by atoms with E-state index >= 15 is 0 Å². The molecule has 2 atom stereocenters. The molecule has 8 nitrogen and oxygen atoms in total. The van der Waals surface area contributed by atoms with Crippen molar-refractivity contribution in [3.05, 3.63) is 73.7 Å². The van der Waals surface area contributed by atoms with Crippen molar-refractivity contribution in [2.24, 2.45) is 0 Å². The number of nitro benzene ring substituents is 1. The van der Waals surface area contributed by atoms with Crippen molar-refractivity contribution in [2.45, 2.75) is 25.0 Å². The molecular formula is C20H18N2O6S. The smallest absolute Gasteiger partial charge is 0.290 e. The Bertz CT molecular complexity index is 977. The number of rotatable bonds is 6. The molecule has 2 aromatic rings. The highest BCUT2D eigenvalue weighted by atomic mass is 32.1. The SMILES string of the molecule is O=C(C1=C(O)C(=O)N(C[C@@H]2CCCO2)[C@@H]1c1ccc([N+](=O)[O-])cc1)c1cccs1. The maximum Gasteiger partial charge on any atom is 0.290 e. The fourth-order valence-electron chi connectivity index (χ4n) is 3.75. The van der Waals surface area contributed by atoms with Crippen LogP contribution in [0.3, 0.4) is 0 Å². The number of non-ortho nitro benzene ring substituents is 1. The van der Waals surface area contributed by atoms with Crippen LogP contribution in [0.2, 0.25) is 0 Å². The fourth-order valence-corrected chi connectivity index (χ4v) is 4.42. The van der Waals surface area contributed by atoms with Gasteiger partial charge in [0.05, 0.1) is 27.5 Å². The molecule has 0 bridgehead atoms. The molecule has 3 heterocycles. The first-order valence-corrected chi connectivity index (χ1v) is 10.0. The third kappa shape index (κ3) is 3.54. The Kier molecular flexibility index (Phi) is 5.16. The molecule has 1 fully saturated rings. The molecule has 0 spiro atoms. The van der Waals surface area contributed by atoms with Crippen LogP contribution >= 0.6 is 11.3 Å². The number of aliphatic hydroxyl groups excluding tert-OH is 1. The number of hydrogen-bond donors (Lipinski definition) is 1. The van der Waals surface area contributed by atoms with E-state index in [-0.39, 0.29) is 23.9 Å². The van der Waals surface area contributed by atoms with Crippen LogP contribution in [0.15, 0.2) is 53.1 Å². The fraction of sp³-hybridized carbons (Fsp3) is 0.300. The van der Waals surface area contributed by atoms with Crippen molar-refractivity contribution in [1.29, 1.82) is 0 Å². The second kappa shape index (κ2) is 7.76. The number of ketones is 1. The quantitative estimate of drug-likeness (QED) is 0.441. The van der Waals surface area contributed by atoms with E-state index in [9.17, 15) is 24.8 Å². The van der Waals surface area contributed by atoms with E-state index in [1.165, 1.54) is 40.5 Å². The summed E-state index contributed by atoms with van der Waals surface area (Å²) in [5.74, 6) is -1.64. The molecule has 1 aromatic carbocycles. The second-order valence-electron chi connectivity index (χ2n) is 6.91. The highest BCUT2D eigenvalue weighted by Gasteiger charge is 2.45. The van der Waals surface area contributed by atoms with Crippen LogP contribution in [0, 0.1) is 10.1 Å². The largest absolute Gasteiger partial charge is 0.503 e. The molecule has 0 aliphatic carbocycles. The molecule has 2 aliphatic heterocycles. The minimum atomic E-state index is -0.831. The number of amides is 1. The van der Waals surface area contributed by atoms with Gasteiger partial charge in [-0.3, -0.25) is 19.7 Å². The summed E-state index contributed by atoms with van der Waals surface area (Å²) in [4.78, 5) is 38.2. The van der Waals surface area contributed by atoms with Gasteiger partial charge >= 0.3 is 0 Å². The molecule has 1 N–H and O–H groups in total. The van der Waals surface area contributed by atoms with Gasteiger partial charge in [0.2, 0.25) is 5.78 Å². The molecule has 29 heavy (non-hydrogen) atoms. The summed E-state index contributed by atoms with van der Waals surface area (Å²) in [5, 5.41) is 23.3. The molecule has 1 amide bonds. The van der Waals surface area contributed by atoms with Crippen molar-refractivity contribution >= 4 is 28.7 Å². The number of thiophene rings is 1. The first kappa shape index (κ1) is 19.3. The molecule has 0 saturated carbocycles. The number of ether oxygens (including phenoxy) is 1. The number of nitro groups is 1. The lowest BCUT2D eigenvalue weighted by Gasteiger charge is -2.28. The van der Waals surface area contributed by atoms with Crippen LogP contribution in [0.25, 0.3) is 0 Å². The second-order valence-corrected chi connectivity index (χ2v) is 7.86. The summed E-state index contributed by atoms with van der Waals surface area (Å²) in [5.41, 5.74) is 0.415. The van der Waals surface area contributed by atoms with Crippen molar-refractivity contribution < 1.29 is 24.4 Å². The highest BCUT2D eigenvalue weighted by molar-refractivity contribution is 7.12. The summed E-state index contributed by atoms with van der Waals surface area (Å²) < 4.78 is 5.63. The van der Waals surface area contributed by atoms with E-state index in [4.69, 9.17) is 4.74 Å². The van der Waals surface area contributed by atoms with E-state index in [0.29, 0.717) is 17.0 Å². The molecule has 4 rings (SSSR count). The molecule has 0 radical (unpaired) electrons. The van der Waals surface area contributed by atoms with Gasteiger partial charge in [-0.15, -0.1) is 11.3 Å².